The lowest BCUT2D eigenvalue weighted by Gasteiger charge is -2.39. The molecular formula is C28H31N3O3. The second-order valence-corrected chi connectivity index (χ2v) is 8.47. The molecule has 1 saturated heterocycles. The van der Waals surface area contributed by atoms with Crippen molar-refractivity contribution in [2.24, 2.45) is 0 Å². The molecule has 3 aromatic rings. The van der Waals surface area contributed by atoms with Crippen LogP contribution in [0.1, 0.15) is 22.7 Å². The summed E-state index contributed by atoms with van der Waals surface area (Å²) in [7, 11) is 0. The fraction of sp³-hybridized carbons (Fsp3) is 0.250. The smallest absolute Gasteiger partial charge is 0.244 e. The molecule has 4 rings (SSSR count). The zero-order chi connectivity index (χ0) is 23.8. The highest BCUT2D eigenvalue weighted by Gasteiger charge is 2.26. The Morgan fingerprint density at radius 1 is 0.853 bits per heavy atom. The molecule has 0 unspecified atom stereocenters. The molecular weight excluding hydrogens is 426 g/mol. The summed E-state index contributed by atoms with van der Waals surface area (Å²) in [4.78, 5) is 17.0. The summed E-state index contributed by atoms with van der Waals surface area (Å²) < 4.78 is 0. The summed E-state index contributed by atoms with van der Waals surface area (Å²) in [5.41, 5.74) is 3.26. The van der Waals surface area contributed by atoms with Crippen LogP contribution in [0.4, 0.5) is 0 Å². The van der Waals surface area contributed by atoms with Gasteiger partial charge in [0.1, 0.15) is 0 Å². The number of carbonyl (C=O) groups is 1. The molecule has 34 heavy (non-hydrogen) atoms. The molecule has 1 amide bonds. The van der Waals surface area contributed by atoms with Crippen molar-refractivity contribution in [1.82, 2.24) is 15.1 Å². The second kappa shape index (κ2) is 11.5. The first-order chi connectivity index (χ1) is 16.6. The van der Waals surface area contributed by atoms with E-state index in [1.807, 2.05) is 0 Å². The highest BCUT2D eigenvalue weighted by molar-refractivity contribution is 5.91. The topological polar surface area (TPSA) is 76.0 Å². The maximum absolute atomic E-state index is 12.1. The van der Waals surface area contributed by atoms with Gasteiger partial charge in [0.2, 0.25) is 5.91 Å². The van der Waals surface area contributed by atoms with Crippen LogP contribution >= 0.6 is 0 Å². The number of hydrogen-bond donors (Lipinski definition) is 3. The number of carbonyl (C=O) groups excluding carboxylic acids is 1. The van der Waals surface area contributed by atoms with E-state index < -0.39 is 0 Å². The molecule has 0 saturated carbocycles. The van der Waals surface area contributed by atoms with Gasteiger partial charge in [-0.15, -0.1) is 0 Å². The molecule has 0 aliphatic carbocycles. The van der Waals surface area contributed by atoms with Crippen molar-refractivity contribution in [3.05, 3.63) is 102 Å². The predicted molar refractivity (Wildman–Crippen MR) is 135 cm³/mol. The normalized spacial score (nSPS) is 15.1. The summed E-state index contributed by atoms with van der Waals surface area (Å²) in [6, 6.07) is 26.0. The van der Waals surface area contributed by atoms with Crippen LogP contribution in [0.15, 0.2) is 84.9 Å². The van der Waals surface area contributed by atoms with Gasteiger partial charge >= 0.3 is 0 Å². The van der Waals surface area contributed by atoms with E-state index in [4.69, 9.17) is 0 Å². The zero-order valence-electron chi connectivity index (χ0n) is 19.2. The minimum atomic E-state index is -0.205. The molecule has 176 valence electrons. The Hall–Kier alpha value is -3.61. The van der Waals surface area contributed by atoms with Crippen LogP contribution in [0.5, 0.6) is 11.5 Å². The Labute approximate surface area is 200 Å². The average Bonchev–Trinajstić information content (AvgIpc) is 2.87. The SMILES string of the molecule is O=C(C=Cc1ccc(O)c(O)c1)NCCN1CCN(C(c2ccccc2)c2ccccc2)CC1. The van der Waals surface area contributed by atoms with E-state index in [1.54, 1.807) is 12.1 Å². The first-order valence-electron chi connectivity index (χ1n) is 11.6. The van der Waals surface area contributed by atoms with Gasteiger partial charge in [-0.1, -0.05) is 66.7 Å². The minimum Gasteiger partial charge on any atom is -0.504 e. The molecule has 0 bridgehead atoms. The third-order valence-corrected chi connectivity index (χ3v) is 6.16. The molecule has 1 aliphatic rings. The number of rotatable bonds is 8. The van der Waals surface area contributed by atoms with Crippen molar-refractivity contribution in [2.45, 2.75) is 6.04 Å². The van der Waals surface area contributed by atoms with Crippen LogP contribution in [0.3, 0.4) is 0 Å². The van der Waals surface area contributed by atoms with Crippen molar-refractivity contribution in [1.29, 1.82) is 0 Å². The number of piperazine rings is 1. The van der Waals surface area contributed by atoms with Gasteiger partial charge in [0.15, 0.2) is 11.5 Å². The van der Waals surface area contributed by atoms with E-state index in [1.165, 1.54) is 29.3 Å². The third kappa shape index (κ3) is 6.25. The third-order valence-electron chi connectivity index (χ3n) is 6.16. The number of phenolic OH excluding ortho intramolecular Hbond substituents is 2. The van der Waals surface area contributed by atoms with Crippen molar-refractivity contribution < 1.29 is 15.0 Å². The number of nitrogens with one attached hydrogen (secondary N) is 1. The van der Waals surface area contributed by atoms with Crippen LogP contribution in [-0.4, -0.2) is 65.2 Å². The molecule has 1 fully saturated rings. The molecule has 1 heterocycles. The quantitative estimate of drug-likeness (QED) is 0.356. The van der Waals surface area contributed by atoms with Crippen molar-refractivity contribution in [3.8, 4) is 11.5 Å². The maximum atomic E-state index is 12.1. The Morgan fingerprint density at radius 3 is 2.06 bits per heavy atom. The highest BCUT2D eigenvalue weighted by atomic mass is 16.3. The van der Waals surface area contributed by atoms with Gasteiger partial charge in [0, 0.05) is 45.3 Å². The first-order valence-corrected chi connectivity index (χ1v) is 11.6. The number of hydrogen-bond acceptors (Lipinski definition) is 5. The lowest BCUT2D eigenvalue weighted by atomic mass is 9.96. The molecule has 3 N–H and O–H groups in total. The van der Waals surface area contributed by atoms with E-state index in [0.29, 0.717) is 12.1 Å². The molecule has 0 atom stereocenters. The van der Waals surface area contributed by atoms with Gasteiger partial charge in [-0.3, -0.25) is 14.6 Å². The van der Waals surface area contributed by atoms with Gasteiger partial charge < -0.3 is 15.5 Å². The van der Waals surface area contributed by atoms with Crippen LogP contribution in [0.25, 0.3) is 6.08 Å². The largest absolute Gasteiger partial charge is 0.504 e. The monoisotopic (exact) mass is 457 g/mol. The van der Waals surface area contributed by atoms with Crippen molar-refractivity contribution >= 4 is 12.0 Å². The number of phenols is 2. The Bertz CT molecular complexity index is 1050. The van der Waals surface area contributed by atoms with Crippen LogP contribution in [-0.2, 0) is 4.79 Å². The summed E-state index contributed by atoms with van der Waals surface area (Å²) >= 11 is 0. The summed E-state index contributed by atoms with van der Waals surface area (Å²) in [5.74, 6) is -0.566. The summed E-state index contributed by atoms with van der Waals surface area (Å²) in [6.07, 6.45) is 3.05. The number of aromatic hydroxyl groups is 2. The lowest BCUT2D eigenvalue weighted by molar-refractivity contribution is -0.116. The van der Waals surface area contributed by atoms with Crippen molar-refractivity contribution in [2.75, 3.05) is 39.3 Å². The molecule has 6 nitrogen and oxygen atoms in total. The predicted octanol–water partition coefficient (Wildman–Crippen LogP) is 3.63. The van der Waals surface area contributed by atoms with Gasteiger partial charge in [0.25, 0.3) is 0 Å². The van der Waals surface area contributed by atoms with Gasteiger partial charge in [-0.25, -0.2) is 0 Å². The van der Waals surface area contributed by atoms with E-state index in [9.17, 15) is 15.0 Å². The van der Waals surface area contributed by atoms with Gasteiger partial charge in [-0.2, -0.15) is 0 Å². The van der Waals surface area contributed by atoms with Crippen LogP contribution in [0, 0.1) is 0 Å². The number of nitrogens with zero attached hydrogens (tertiary/aromatic N) is 2. The minimum absolute atomic E-state index is 0.180. The van der Waals surface area contributed by atoms with Crippen LogP contribution < -0.4 is 5.32 Å². The molecule has 0 aromatic heterocycles. The number of amides is 1. The Kier molecular flexibility index (Phi) is 7.96. The highest BCUT2D eigenvalue weighted by Crippen LogP contribution is 2.29. The van der Waals surface area contributed by atoms with E-state index in [2.05, 4.69) is 75.8 Å². The number of benzene rings is 3. The van der Waals surface area contributed by atoms with E-state index >= 15 is 0 Å². The average molecular weight is 458 g/mol. The fourth-order valence-electron chi connectivity index (χ4n) is 4.34. The maximum Gasteiger partial charge on any atom is 0.244 e. The van der Waals surface area contributed by atoms with E-state index in [0.717, 1.165) is 32.7 Å². The fourth-order valence-corrected chi connectivity index (χ4v) is 4.34. The summed E-state index contributed by atoms with van der Waals surface area (Å²) in [6.45, 7) is 5.21. The Balaban J connectivity index is 1.26. The Morgan fingerprint density at radius 2 is 1.47 bits per heavy atom. The second-order valence-electron chi connectivity index (χ2n) is 8.47. The van der Waals surface area contributed by atoms with Gasteiger partial charge in [0.05, 0.1) is 6.04 Å². The lowest BCUT2D eigenvalue weighted by Crippen LogP contribution is -2.49. The molecule has 0 spiro atoms. The molecule has 1 aliphatic heterocycles. The van der Waals surface area contributed by atoms with Gasteiger partial charge in [-0.05, 0) is 34.9 Å². The summed E-state index contributed by atoms with van der Waals surface area (Å²) in [5, 5.41) is 21.8. The molecule has 6 heteroatoms. The van der Waals surface area contributed by atoms with Crippen molar-refractivity contribution in [3.63, 3.8) is 0 Å². The van der Waals surface area contributed by atoms with Crippen LogP contribution in [0.2, 0.25) is 0 Å². The van der Waals surface area contributed by atoms with E-state index in [-0.39, 0.29) is 23.4 Å². The molecule has 3 aromatic carbocycles. The first kappa shape index (κ1) is 23.5. The standard InChI is InChI=1S/C28H31N3O3/c32-25-13-11-22(21-26(25)33)12-14-27(34)29-15-16-30-17-19-31(20-18-30)28(23-7-3-1-4-8-23)24-9-5-2-6-10-24/h1-14,21,28,32-33H,15-20H2,(H,29,34). The zero-order valence-corrected chi connectivity index (χ0v) is 19.2. The molecule has 0 radical (unpaired) electrons.